The third-order valence-electron chi connectivity index (χ3n) is 7.92. The Morgan fingerprint density at radius 3 is 0.775 bits per heavy atom. The van der Waals surface area contributed by atoms with Crippen molar-refractivity contribution in [2.45, 2.75) is 206 Å². The first-order valence-electron chi connectivity index (χ1n) is 17.7. The van der Waals surface area contributed by atoms with E-state index in [-0.39, 0.29) is 13.2 Å². The second-order valence-electron chi connectivity index (χ2n) is 12.1. The molecule has 0 aromatic rings. The summed E-state index contributed by atoms with van der Waals surface area (Å²) >= 11 is 0. The van der Waals surface area contributed by atoms with Crippen LogP contribution in [0.4, 0.5) is 0 Å². The van der Waals surface area contributed by atoms with E-state index in [0.29, 0.717) is 6.42 Å². The van der Waals surface area contributed by atoms with Crippen LogP contribution in [0.2, 0.25) is 0 Å². The summed E-state index contributed by atoms with van der Waals surface area (Å²) in [6.45, 7) is 1.57. The van der Waals surface area contributed by atoms with Crippen LogP contribution in [-0.4, -0.2) is 45.7 Å². The van der Waals surface area contributed by atoms with Crippen LogP contribution in [0.3, 0.4) is 0 Å². The predicted molar refractivity (Wildman–Crippen MR) is 172 cm³/mol. The van der Waals surface area contributed by atoms with Crippen LogP contribution < -0.4 is 0 Å². The second-order valence-corrected chi connectivity index (χ2v) is 12.1. The first-order valence-corrected chi connectivity index (χ1v) is 17.7. The molecular weight excluding hydrogens is 500 g/mol. The Hall–Kier alpha value is -0.650. The summed E-state index contributed by atoms with van der Waals surface area (Å²) in [4.78, 5) is 10.5. The lowest BCUT2D eigenvalue weighted by molar-refractivity contribution is -0.137. The first-order chi connectivity index (χ1) is 19.6. The summed E-state index contributed by atoms with van der Waals surface area (Å²) in [6.07, 6.45) is 40.0. The third-order valence-corrected chi connectivity index (χ3v) is 7.92. The highest BCUT2D eigenvalue weighted by Gasteiger charge is 1.98. The summed E-state index contributed by atoms with van der Waals surface area (Å²) in [5.74, 6) is -0.648. The Labute approximate surface area is 249 Å². The van der Waals surface area contributed by atoms with Gasteiger partial charge in [0.15, 0.2) is 0 Å². The van der Waals surface area contributed by atoms with Gasteiger partial charge in [-0.1, -0.05) is 187 Å². The second kappa shape index (κ2) is 38.4. The Morgan fingerprint density at radius 1 is 0.425 bits per heavy atom. The molecule has 0 saturated heterocycles. The van der Waals surface area contributed by atoms with Gasteiger partial charge in [-0.25, -0.2) is 0 Å². The van der Waals surface area contributed by atoms with Crippen LogP contribution in [-0.2, 0) is 4.79 Å². The topological polar surface area (TPSA) is 98.0 Å². The van der Waals surface area contributed by atoms with Crippen molar-refractivity contribution in [2.24, 2.45) is 0 Å². The van der Waals surface area contributed by atoms with Gasteiger partial charge in [0.1, 0.15) is 6.10 Å². The highest BCUT2D eigenvalue weighted by molar-refractivity contribution is 5.66. The van der Waals surface area contributed by atoms with Crippen LogP contribution >= 0.6 is 0 Å². The van der Waals surface area contributed by atoms with Gasteiger partial charge in [0.25, 0.3) is 0 Å². The van der Waals surface area contributed by atoms with E-state index in [2.05, 4.69) is 6.92 Å². The fraction of sp³-hybridized carbons (Fsp3) is 0.971. The lowest BCUT2D eigenvalue weighted by Crippen LogP contribution is -2.15. The number of hydrogen-bond acceptors (Lipinski definition) is 4. The van der Waals surface area contributed by atoms with Crippen LogP contribution in [0, 0.1) is 0 Å². The van der Waals surface area contributed by atoms with Crippen molar-refractivity contribution in [3.8, 4) is 0 Å². The summed E-state index contributed by atoms with van der Waals surface area (Å²) in [7, 11) is 0. The fourth-order valence-electron chi connectivity index (χ4n) is 5.18. The molecule has 0 bridgehead atoms. The molecule has 0 heterocycles. The minimum absolute atomic E-state index is 0.347. The summed E-state index contributed by atoms with van der Waals surface area (Å²) in [6, 6.07) is 0. The molecule has 0 aliphatic carbocycles. The highest BCUT2D eigenvalue weighted by atomic mass is 16.4. The molecule has 5 heteroatoms. The Balaban J connectivity index is 0. The molecule has 0 atom stereocenters. The Kier molecular flexibility index (Phi) is 39.8. The van der Waals surface area contributed by atoms with Crippen LogP contribution in [0.1, 0.15) is 200 Å². The maximum absolute atomic E-state index is 10.5. The number of unbranched alkanes of at least 4 members (excludes halogenated alkanes) is 28. The molecule has 0 aromatic heterocycles. The zero-order valence-electron chi connectivity index (χ0n) is 26.9. The van der Waals surface area contributed by atoms with Gasteiger partial charge >= 0.3 is 5.97 Å². The molecule has 0 aromatic carbocycles. The number of carboxylic acids is 1. The largest absolute Gasteiger partial charge is 0.481 e. The average molecular weight is 573 g/mol. The number of carbonyl (C=O) groups is 1. The van der Waals surface area contributed by atoms with Crippen molar-refractivity contribution in [2.75, 3.05) is 13.2 Å². The highest BCUT2D eigenvalue weighted by Crippen LogP contribution is 2.16. The number of aliphatic hydroxyl groups excluding tert-OH is 3. The monoisotopic (exact) mass is 573 g/mol. The van der Waals surface area contributed by atoms with Gasteiger partial charge in [-0.05, 0) is 6.42 Å². The maximum atomic E-state index is 10.5. The molecule has 0 aliphatic heterocycles. The number of aliphatic carboxylic acids is 1. The van der Waals surface area contributed by atoms with Crippen molar-refractivity contribution < 1.29 is 25.2 Å². The quantitative estimate of drug-likeness (QED) is 0.0601. The molecule has 0 spiro atoms. The van der Waals surface area contributed by atoms with Gasteiger partial charge in [0.05, 0.1) is 13.2 Å². The van der Waals surface area contributed by atoms with E-state index in [1.807, 2.05) is 0 Å². The molecule has 4 N–H and O–H groups in total. The van der Waals surface area contributed by atoms with Crippen molar-refractivity contribution in [3.63, 3.8) is 0 Å². The van der Waals surface area contributed by atoms with Gasteiger partial charge in [-0.15, -0.1) is 0 Å². The van der Waals surface area contributed by atoms with Crippen molar-refractivity contribution in [1.29, 1.82) is 0 Å². The lowest BCUT2D eigenvalue weighted by atomic mass is 10.0. The maximum Gasteiger partial charge on any atom is 0.303 e. The van der Waals surface area contributed by atoms with E-state index in [9.17, 15) is 4.79 Å². The van der Waals surface area contributed by atoms with Crippen molar-refractivity contribution >= 4 is 5.97 Å². The molecule has 40 heavy (non-hydrogen) atoms. The van der Waals surface area contributed by atoms with Gasteiger partial charge in [-0.3, -0.25) is 4.79 Å². The normalized spacial score (nSPS) is 11.1. The van der Waals surface area contributed by atoms with Gasteiger partial charge < -0.3 is 20.4 Å². The minimum Gasteiger partial charge on any atom is -0.481 e. The molecule has 0 fully saturated rings. The van der Waals surface area contributed by atoms with Crippen LogP contribution in [0.5, 0.6) is 0 Å². The van der Waals surface area contributed by atoms with Gasteiger partial charge in [0.2, 0.25) is 0 Å². The molecule has 5 nitrogen and oxygen atoms in total. The molecule has 0 unspecified atom stereocenters. The summed E-state index contributed by atoms with van der Waals surface area (Å²) in [5, 5.41) is 32.6. The standard InChI is InChI=1S/C32H64O2.C3H8O3/c1-2-3-4-5-6-7-8-9-10-11-12-13-14-15-16-17-18-19-20-21-22-23-24-25-26-27-28-29-30-31-32(33)34;4-1-3(6)2-5/h2-31H2,1H3,(H,33,34);3-6H,1-2H2. The van der Waals surface area contributed by atoms with E-state index >= 15 is 0 Å². The van der Waals surface area contributed by atoms with Crippen LogP contribution in [0.15, 0.2) is 0 Å². The molecule has 242 valence electrons. The number of rotatable bonds is 32. The van der Waals surface area contributed by atoms with E-state index in [1.165, 1.54) is 173 Å². The molecule has 0 radical (unpaired) electrons. The number of carboxylic acid groups (broad SMARTS) is 1. The summed E-state index contributed by atoms with van der Waals surface area (Å²) in [5.41, 5.74) is 0. The van der Waals surface area contributed by atoms with Crippen molar-refractivity contribution in [3.05, 3.63) is 0 Å². The van der Waals surface area contributed by atoms with E-state index in [0.717, 1.165) is 12.8 Å². The molecule has 0 aliphatic rings. The van der Waals surface area contributed by atoms with E-state index < -0.39 is 12.1 Å². The zero-order chi connectivity index (χ0) is 29.8. The average Bonchev–Trinajstić information content (AvgIpc) is 2.96. The molecule has 0 amide bonds. The zero-order valence-corrected chi connectivity index (χ0v) is 26.9. The van der Waals surface area contributed by atoms with Gasteiger partial charge in [-0.2, -0.15) is 0 Å². The molecular formula is C35H72O5. The van der Waals surface area contributed by atoms with E-state index in [1.54, 1.807) is 0 Å². The van der Waals surface area contributed by atoms with Gasteiger partial charge in [0, 0.05) is 6.42 Å². The summed E-state index contributed by atoms with van der Waals surface area (Å²) < 4.78 is 0. The lowest BCUT2D eigenvalue weighted by Gasteiger charge is -2.04. The third kappa shape index (κ3) is 41.8. The Morgan fingerprint density at radius 2 is 0.625 bits per heavy atom. The van der Waals surface area contributed by atoms with Crippen molar-refractivity contribution in [1.82, 2.24) is 0 Å². The fourth-order valence-corrected chi connectivity index (χ4v) is 5.18. The first kappa shape index (κ1) is 41.5. The molecule has 0 saturated carbocycles. The predicted octanol–water partition coefficient (Wildman–Crippen LogP) is 10.1. The minimum atomic E-state index is -0.954. The van der Waals surface area contributed by atoms with E-state index in [4.69, 9.17) is 20.4 Å². The smallest absolute Gasteiger partial charge is 0.303 e. The SMILES string of the molecule is CCCCCCCCCCCCCCCCCCCCCCCCCCCCCCCC(=O)O.OCC(O)CO. The number of hydrogen-bond donors (Lipinski definition) is 4. The molecule has 0 rings (SSSR count). The van der Waals surface area contributed by atoms with Crippen LogP contribution in [0.25, 0.3) is 0 Å². The number of aliphatic hydroxyl groups is 3. The Bertz CT molecular complexity index is 453.